The lowest BCUT2D eigenvalue weighted by molar-refractivity contribution is -0.147. The maximum atomic E-state index is 13.0. The van der Waals surface area contributed by atoms with Gasteiger partial charge >= 0.3 is 5.97 Å². The number of piperidine rings is 1. The first kappa shape index (κ1) is 19.3. The molecule has 0 amide bonds. The molecule has 2 aliphatic rings. The molecule has 1 aromatic heterocycles. The van der Waals surface area contributed by atoms with Gasteiger partial charge < -0.3 is 4.74 Å². The van der Waals surface area contributed by atoms with Crippen molar-refractivity contribution < 1.29 is 17.9 Å². The first-order valence-electron chi connectivity index (χ1n) is 8.75. The number of hydrogen-bond acceptors (Lipinski definition) is 5. The maximum absolute atomic E-state index is 13.0. The van der Waals surface area contributed by atoms with E-state index in [0.29, 0.717) is 16.7 Å². The molecule has 0 N–H and O–H groups in total. The van der Waals surface area contributed by atoms with Crippen LogP contribution in [-0.2, 0) is 19.6 Å². The van der Waals surface area contributed by atoms with Gasteiger partial charge in [0.25, 0.3) is 10.0 Å². The Hall–Kier alpha value is -0.440. The van der Waals surface area contributed by atoms with E-state index in [0.717, 1.165) is 23.0 Å². The van der Waals surface area contributed by atoms with Crippen molar-refractivity contribution in [3.05, 3.63) is 15.9 Å². The number of hydrogen-bond donors (Lipinski definition) is 0. The molecule has 3 rings (SSSR count). The smallest absolute Gasteiger partial charge is 0.310 e. The van der Waals surface area contributed by atoms with Crippen molar-refractivity contribution in [3.8, 4) is 0 Å². The number of thiophene rings is 1. The normalized spacial score (nSPS) is 26.5. The van der Waals surface area contributed by atoms with Crippen LogP contribution in [0.15, 0.2) is 20.1 Å². The van der Waals surface area contributed by atoms with E-state index in [-0.39, 0.29) is 24.3 Å². The van der Waals surface area contributed by atoms with Crippen LogP contribution in [0, 0.1) is 17.8 Å². The van der Waals surface area contributed by atoms with E-state index in [1.165, 1.54) is 42.0 Å². The molecule has 1 aliphatic carbocycles. The van der Waals surface area contributed by atoms with Gasteiger partial charge in [-0.25, -0.2) is 8.42 Å². The van der Waals surface area contributed by atoms with Crippen molar-refractivity contribution in [2.75, 3.05) is 20.2 Å². The predicted octanol–water partition coefficient (Wildman–Crippen LogP) is 3.89. The SMILES string of the molecule is COC(=O)C1CC(C2CCCCC2)CN(S(=O)(=O)c2ccc(Br)s2)C1. The van der Waals surface area contributed by atoms with Gasteiger partial charge in [0.2, 0.25) is 0 Å². The number of sulfonamides is 1. The van der Waals surface area contributed by atoms with Crippen LogP contribution in [0.3, 0.4) is 0 Å². The predicted molar refractivity (Wildman–Crippen MR) is 101 cm³/mol. The van der Waals surface area contributed by atoms with E-state index in [2.05, 4.69) is 15.9 Å². The first-order chi connectivity index (χ1) is 11.9. The van der Waals surface area contributed by atoms with Gasteiger partial charge in [-0.05, 0) is 46.3 Å². The average molecular weight is 450 g/mol. The molecule has 5 nitrogen and oxygen atoms in total. The zero-order valence-corrected chi connectivity index (χ0v) is 17.5. The van der Waals surface area contributed by atoms with E-state index in [1.54, 1.807) is 12.1 Å². The standard InChI is InChI=1S/C17H24BrNO4S2/c1-23-17(20)14-9-13(12-5-3-2-4-6-12)10-19(11-14)25(21,22)16-8-7-15(18)24-16/h7-8,12-14H,2-6,9-11H2,1H3. The van der Waals surface area contributed by atoms with Crippen molar-refractivity contribution in [2.45, 2.75) is 42.7 Å². The van der Waals surface area contributed by atoms with Gasteiger partial charge in [0.05, 0.1) is 16.8 Å². The summed E-state index contributed by atoms with van der Waals surface area (Å²) in [6.45, 7) is 0.726. The van der Waals surface area contributed by atoms with Gasteiger partial charge in [-0.1, -0.05) is 32.1 Å². The van der Waals surface area contributed by atoms with Crippen molar-refractivity contribution in [1.82, 2.24) is 4.31 Å². The number of nitrogens with zero attached hydrogens (tertiary/aromatic N) is 1. The lowest BCUT2D eigenvalue weighted by atomic mass is 9.74. The number of carbonyl (C=O) groups excluding carboxylic acids is 1. The summed E-state index contributed by atoms with van der Waals surface area (Å²) in [6, 6.07) is 3.37. The molecule has 1 saturated carbocycles. The van der Waals surface area contributed by atoms with Gasteiger partial charge in [0.15, 0.2) is 0 Å². The third-order valence-electron chi connectivity index (χ3n) is 5.44. The summed E-state index contributed by atoms with van der Waals surface area (Å²) in [7, 11) is -2.20. The highest BCUT2D eigenvalue weighted by molar-refractivity contribution is 9.11. The highest BCUT2D eigenvalue weighted by Gasteiger charge is 2.41. The number of esters is 1. The Kier molecular flexibility index (Phi) is 6.23. The number of ether oxygens (including phenoxy) is 1. The number of methoxy groups -OCH3 is 1. The van der Waals surface area contributed by atoms with Crippen LogP contribution in [0.25, 0.3) is 0 Å². The molecule has 25 heavy (non-hydrogen) atoms. The van der Waals surface area contributed by atoms with Crippen LogP contribution in [0.1, 0.15) is 38.5 Å². The van der Waals surface area contributed by atoms with Crippen molar-refractivity contribution in [1.29, 1.82) is 0 Å². The first-order valence-corrected chi connectivity index (χ1v) is 11.8. The molecule has 1 aromatic rings. The molecular formula is C17H24BrNO4S2. The summed E-state index contributed by atoms with van der Waals surface area (Å²) < 4.78 is 33.7. The van der Waals surface area contributed by atoms with Crippen LogP contribution in [0.4, 0.5) is 0 Å². The Bertz CT molecular complexity index is 712. The molecular weight excluding hydrogens is 426 g/mol. The molecule has 0 spiro atoms. The fourth-order valence-corrected chi connectivity index (χ4v) is 7.85. The molecule has 0 radical (unpaired) electrons. The third-order valence-corrected chi connectivity index (χ3v) is 9.37. The van der Waals surface area contributed by atoms with Crippen LogP contribution in [0.5, 0.6) is 0 Å². The average Bonchev–Trinajstić information content (AvgIpc) is 3.08. The largest absolute Gasteiger partial charge is 0.469 e. The molecule has 1 aliphatic heterocycles. The zero-order valence-electron chi connectivity index (χ0n) is 14.3. The molecule has 2 fully saturated rings. The summed E-state index contributed by atoms with van der Waals surface area (Å²) >= 11 is 4.54. The van der Waals surface area contributed by atoms with E-state index in [4.69, 9.17) is 4.74 Å². The van der Waals surface area contributed by atoms with E-state index < -0.39 is 10.0 Å². The van der Waals surface area contributed by atoms with E-state index in [9.17, 15) is 13.2 Å². The minimum absolute atomic E-state index is 0.216. The summed E-state index contributed by atoms with van der Waals surface area (Å²) in [5.41, 5.74) is 0. The van der Waals surface area contributed by atoms with Crippen LogP contribution in [-0.4, -0.2) is 38.9 Å². The third kappa shape index (κ3) is 4.28. The second-order valence-corrected chi connectivity index (χ2v) is 11.6. The fourth-order valence-electron chi connectivity index (χ4n) is 4.14. The molecule has 2 atom stereocenters. The molecule has 2 heterocycles. The minimum atomic E-state index is -3.57. The second kappa shape index (κ2) is 8.06. The zero-order chi connectivity index (χ0) is 18.0. The Balaban J connectivity index is 1.85. The van der Waals surface area contributed by atoms with Crippen molar-refractivity contribution in [2.24, 2.45) is 17.8 Å². The fraction of sp³-hybridized carbons (Fsp3) is 0.706. The molecule has 2 unspecified atom stereocenters. The van der Waals surface area contributed by atoms with Gasteiger partial charge in [0.1, 0.15) is 4.21 Å². The van der Waals surface area contributed by atoms with Crippen molar-refractivity contribution >= 4 is 43.3 Å². The second-order valence-electron chi connectivity index (χ2n) is 6.99. The topological polar surface area (TPSA) is 63.7 Å². The summed E-state index contributed by atoms with van der Waals surface area (Å²) in [4.78, 5) is 12.2. The van der Waals surface area contributed by atoms with Crippen molar-refractivity contribution in [3.63, 3.8) is 0 Å². The van der Waals surface area contributed by atoms with E-state index >= 15 is 0 Å². The lowest BCUT2D eigenvalue weighted by Crippen LogP contribution is -2.48. The van der Waals surface area contributed by atoms with Crippen LogP contribution in [0.2, 0.25) is 0 Å². The van der Waals surface area contributed by atoms with Gasteiger partial charge in [-0.15, -0.1) is 11.3 Å². The van der Waals surface area contributed by atoms with Crippen LogP contribution < -0.4 is 0 Å². The van der Waals surface area contributed by atoms with Gasteiger partial charge in [0, 0.05) is 13.1 Å². The Morgan fingerprint density at radius 2 is 1.92 bits per heavy atom. The summed E-state index contributed by atoms with van der Waals surface area (Å²) in [5.74, 6) is 0.0715. The highest BCUT2D eigenvalue weighted by Crippen LogP contribution is 2.39. The van der Waals surface area contributed by atoms with Gasteiger partial charge in [-0.2, -0.15) is 4.31 Å². The maximum Gasteiger partial charge on any atom is 0.310 e. The van der Waals surface area contributed by atoms with Gasteiger partial charge in [-0.3, -0.25) is 4.79 Å². The Morgan fingerprint density at radius 3 is 2.52 bits per heavy atom. The number of carbonyl (C=O) groups is 1. The number of rotatable bonds is 4. The molecule has 8 heteroatoms. The highest BCUT2D eigenvalue weighted by atomic mass is 79.9. The molecule has 0 bridgehead atoms. The molecule has 1 saturated heterocycles. The number of halogens is 1. The summed E-state index contributed by atoms with van der Waals surface area (Å²) in [6.07, 6.45) is 6.67. The Morgan fingerprint density at radius 1 is 1.20 bits per heavy atom. The molecule has 0 aromatic carbocycles. The quantitative estimate of drug-likeness (QED) is 0.653. The van der Waals surface area contributed by atoms with Crippen LogP contribution >= 0.6 is 27.3 Å². The minimum Gasteiger partial charge on any atom is -0.469 e. The molecule has 140 valence electrons. The van der Waals surface area contributed by atoms with E-state index in [1.807, 2.05) is 0 Å². The monoisotopic (exact) mass is 449 g/mol. The lowest BCUT2D eigenvalue weighted by Gasteiger charge is -2.40. The Labute approximate surface area is 161 Å². The summed E-state index contributed by atoms with van der Waals surface area (Å²) in [5, 5.41) is 0.